The van der Waals surface area contributed by atoms with Gasteiger partial charge in [0.15, 0.2) is 5.69 Å². The first-order valence-corrected chi connectivity index (χ1v) is 8.19. The number of thiazole rings is 1. The summed E-state index contributed by atoms with van der Waals surface area (Å²) in [5.74, 6) is 0.168. The van der Waals surface area contributed by atoms with Crippen LogP contribution in [-0.2, 0) is 0 Å². The summed E-state index contributed by atoms with van der Waals surface area (Å²) in [6.07, 6.45) is 0. The molecule has 3 aromatic rings. The predicted octanol–water partition coefficient (Wildman–Crippen LogP) is 4.95. The van der Waals surface area contributed by atoms with Crippen molar-refractivity contribution in [1.82, 2.24) is 4.98 Å². The standard InChI is InChI=1S/C19H17NO2S/c1-12-8-7-11-16(13(12)2)22-19(21)17-18(23-14(3)20-17)15-9-5-4-6-10-15/h4-11H,1-3H3. The maximum absolute atomic E-state index is 12.6. The molecule has 2 aromatic carbocycles. The van der Waals surface area contributed by atoms with Crippen LogP contribution in [0.15, 0.2) is 48.5 Å². The Bertz CT molecular complexity index is 853. The minimum absolute atomic E-state index is 0.375. The van der Waals surface area contributed by atoms with Crippen LogP contribution in [0.25, 0.3) is 10.4 Å². The van der Waals surface area contributed by atoms with Crippen molar-refractivity contribution in [3.8, 4) is 16.2 Å². The summed E-state index contributed by atoms with van der Waals surface area (Å²) in [5, 5.41) is 0.844. The highest BCUT2D eigenvalue weighted by atomic mass is 32.1. The highest BCUT2D eigenvalue weighted by Gasteiger charge is 2.21. The van der Waals surface area contributed by atoms with E-state index in [1.54, 1.807) is 0 Å². The maximum Gasteiger partial charge on any atom is 0.363 e. The number of rotatable bonds is 3. The van der Waals surface area contributed by atoms with E-state index in [0.29, 0.717) is 11.4 Å². The molecule has 3 rings (SSSR count). The normalized spacial score (nSPS) is 10.6. The molecule has 3 nitrogen and oxygen atoms in total. The topological polar surface area (TPSA) is 39.2 Å². The van der Waals surface area contributed by atoms with Crippen molar-refractivity contribution in [2.75, 3.05) is 0 Å². The first-order valence-electron chi connectivity index (χ1n) is 7.37. The number of hydrogen-bond acceptors (Lipinski definition) is 4. The molecule has 0 atom stereocenters. The zero-order valence-electron chi connectivity index (χ0n) is 13.3. The zero-order valence-corrected chi connectivity index (χ0v) is 14.1. The van der Waals surface area contributed by atoms with Crippen LogP contribution >= 0.6 is 11.3 Å². The summed E-state index contributed by atoms with van der Waals surface area (Å²) >= 11 is 1.50. The molecule has 0 saturated heterocycles. The lowest BCUT2D eigenvalue weighted by Gasteiger charge is -2.09. The van der Waals surface area contributed by atoms with Crippen LogP contribution < -0.4 is 4.74 Å². The monoisotopic (exact) mass is 323 g/mol. The van der Waals surface area contributed by atoms with Crippen LogP contribution in [-0.4, -0.2) is 11.0 Å². The van der Waals surface area contributed by atoms with E-state index in [1.807, 2.05) is 69.3 Å². The summed E-state index contributed by atoms with van der Waals surface area (Å²) in [7, 11) is 0. The second-order valence-electron chi connectivity index (χ2n) is 5.36. The quantitative estimate of drug-likeness (QED) is 0.505. The first kappa shape index (κ1) is 15.4. The van der Waals surface area contributed by atoms with E-state index < -0.39 is 5.97 Å². The van der Waals surface area contributed by atoms with Gasteiger partial charge in [0.25, 0.3) is 0 Å². The Hall–Kier alpha value is -2.46. The van der Waals surface area contributed by atoms with Gasteiger partial charge in [-0.05, 0) is 43.5 Å². The van der Waals surface area contributed by atoms with Crippen molar-refractivity contribution < 1.29 is 9.53 Å². The van der Waals surface area contributed by atoms with Gasteiger partial charge in [-0.1, -0.05) is 42.5 Å². The van der Waals surface area contributed by atoms with Gasteiger partial charge < -0.3 is 4.74 Å². The molecule has 0 fully saturated rings. The van der Waals surface area contributed by atoms with Gasteiger partial charge in [0, 0.05) is 0 Å². The van der Waals surface area contributed by atoms with E-state index in [-0.39, 0.29) is 0 Å². The van der Waals surface area contributed by atoms with Crippen LogP contribution in [0.1, 0.15) is 26.6 Å². The van der Waals surface area contributed by atoms with Crippen molar-refractivity contribution in [2.24, 2.45) is 0 Å². The Morgan fingerprint density at radius 1 is 1.00 bits per heavy atom. The van der Waals surface area contributed by atoms with Crippen molar-refractivity contribution in [3.05, 3.63) is 70.4 Å². The molecular weight excluding hydrogens is 306 g/mol. The summed E-state index contributed by atoms with van der Waals surface area (Å²) in [6.45, 7) is 5.84. The third-order valence-corrected chi connectivity index (χ3v) is 4.74. The van der Waals surface area contributed by atoms with Gasteiger partial charge in [-0.25, -0.2) is 9.78 Å². The molecule has 0 unspecified atom stereocenters. The van der Waals surface area contributed by atoms with Crippen LogP contribution in [0.2, 0.25) is 0 Å². The van der Waals surface area contributed by atoms with Gasteiger partial charge in [0.2, 0.25) is 0 Å². The van der Waals surface area contributed by atoms with E-state index in [4.69, 9.17) is 4.74 Å². The molecule has 0 aliphatic rings. The molecule has 0 aliphatic carbocycles. The Labute approximate surface area is 139 Å². The van der Waals surface area contributed by atoms with Crippen LogP contribution in [0, 0.1) is 20.8 Å². The van der Waals surface area contributed by atoms with E-state index >= 15 is 0 Å². The van der Waals surface area contributed by atoms with E-state index in [0.717, 1.165) is 26.6 Å². The zero-order chi connectivity index (χ0) is 16.4. The number of benzene rings is 2. The number of carbonyl (C=O) groups excluding carboxylic acids is 1. The van der Waals surface area contributed by atoms with Crippen LogP contribution in [0.3, 0.4) is 0 Å². The number of carbonyl (C=O) groups is 1. The molecular formula is C19H17NO2S. The fourth-order valence-electron chi connectivity index (χ4n) is 2.33. The third-order valence-electron chi connectivity index (χ3n) is 3.72. The maximum atomic E-state index is 12.6. The molecule has 4 heteroatoms. The predicted molar refractivity (Wildman–Crippen MR) is 93.2 cm³/mol. The minimum atomic E-state index is -0.415. The fourth-order valence-corrected chi connectivity index (χ4v) is 3.25. The highest BCUT2D eigenvalue weighted by molar-refractivity contribution is 7.15. The van der Waals surface area contributed by atoms with Gasteiger partial charge in [-0.15, -0.1) is 11.3 Å². The van der Waals surface area contributed by atoms with E-state index in [1.165, 1.54) is 11.3 Å². The summed E-state index contributed by atoms with van der Waals surface area (Å²) in [4.78, 5) is 17.8. The average molecular weight is 323 g/mol. The van der Waals surface area contributed by atoms with Gasteiger partial charge in [0.1, 0.15) is 5.75 Å². The van der Waals surface area contributed by atoms with Gasteiger partial charge in [-0.2, -0.15) is 0 Å². The van der Waals surface area contributed by atoms with Crippen molar-refractivity contribution in [2.45, 2.75) is 20.8 Å². The Kier molecular flexibility index (Phi) is 4.26. The van der Waals surface area contributed by atoms with E-state index in [2.05, 4.69) is 4.98 Å². The Morgan fingerprint density at radius 3 is 2.48 bits per heavy atom. The lowest BCUT2D eigenvalue weighted by atomic mass is 10.1. The van der Waals surface area contributed by atoms with Gasteiger partial charge in [0.05, 0.1) is 9.88 Å². The van der Waals surface area contributed by atoms with E-state index in [9.17, 15) is 4.79 Å². The number of hydrogen-bond donors (Lipinski definition) is 0. The molecule has 0 radical (unpaired) electrons. The van der Waals surface area contributed by atoms with Crippen LogP contribution in [0.4, 0.5) is 0 Å². The summed E-state index contributed by atoms with van der Waals surface area (Å²) in [5.41, 5.74) is 3.41. The molecule has 0 aliphatic heterocycles. The molecule has 0 amide bonds. The fraction of sp³-hybridized carbons (Fsp3) is 0.158. The highest BCUT2D eigenvalue weighted by Crippen LogP contribution is 2.31. The Morgan fingerprint density at radius 2 is 1.74 bits per heavy atom. The van der Waals surface area contributed by atoms with Crippen LogP contribution in [0.5, 0.6) is 5.75 Å². The summed E-state index contributed by atoms with van der Waals surface area (Å²) in [6, 6.07) is 15.5. The molecule has 0 saturated carbocycles. The number of nitrogens with zero attached hydrogens (tertiary/aromatic N) is 1. The molecule has 0 N–H and O–H groups in total. The average Bonchev–Trinajstić information content (AvgIpc) is 2.95. The third kappa shape index (κ3) is 3.17. The second-order valence-corrected chi connectivity index (χ2v) is 6.57. The van der Waals surface area contributed by atoms with Crippen molar-refractivity contribution in [3.63, 3.8) is 0 Å². The molecule has 23 heavy (non-hydrogen) atoms. The van der Waals surface area contributed by atoms with Crippen molar-refractivity contribution in [1.29, 1.82) is 0 Å². The number of ether oxygens (including phenoxy) is 1. The van der Waals surface area contributed by atoms with Gasteiger partial charge in [-0.3, -0.25) is 0 Å². The lowest BCUT2D eigenvalue weighted by molar-refractivity contribution is 0.0729. The molecule has 0 bridgehead atoms. The molecule has 116 valence electrons. The smallest absolute Gasteiger partial charge is 0.363 e. The molecule has 0 spiro atoms. The number of aryl methyl sites for hydroxylation is 2. The first-order chi connectivity index (χ1) is 11.1. The molecule has 1 aromatic heterocycles. The number of esters is 1. The number of aromatic nitrogens is 1. The van der Waals surface area contributed by atoms with Gasteiger partial charge >= 0.3 is 5.97 Å². The Balaban J connectivity index is 1.96. The largest absolute Gasteiger partial charge is 0.421 e. The second kappa shape index (κ2) is 6.34. The lowest BCUT2D eigenvalue weighted by Crippen LogP contribution is -2.11. The van der Waals surface area contributed by atoms with Crippen molar-refractivity contribution >= 4 is 17.3 Å². The summed E-state index contributed by atoms with van der Waals surface area (Å²) < 4.78 is 5.59. The SMILES string of the molecule is Cc1nc(C(=O)Oc2cccc(C)c2C)c(-c2ccccc2)s1. The molecule has 1 heterocycles. The minimum Gasteiger partial charge on any atom is -0.421 e.